The van der Waals surface area contributed by atoms with Crippen LogP contribution in [0.2, 0.25) is 0 Å². The first kappa shape index (κ1) is 14.3. The van der Waals surface area contributed by atoms with Gasteiger partial charge >= 0.3 is 0 Å². The second-order valence-corrected chi connectivity index (χ2v) is 5.60. The van der Waals surface area contributed by atoms with Gasteiger partial charge in [-0.25, -0.2) is 4.98 Å². The van der Waals surface area contributed by atoms with E-state index in [4.69, 9.17) is 0 Å². The molecule has 0 aliphatic rings. The van der Waals surface area contributed by atoms with Crippen LogP contribution in [0.25, 0.3) is 17.1 Å². The topological polar surface area (TPSA) is 34.9 Å². The van der Waals surface area contributed by atoms with Crippen molar-refractivity contribution in [3.63, 3.8) is 0 Å². The molecule has 1 aromatic heterocycles. The van der Waals surface area contributed by atoms with Crippen LogP contribution in [0.3, 0.4) is 0 Å². The average Bonchev–Trinajstić information content (AvgIpc) is 2.97. The van der Waals surface area contributed by atoms with Gasteiger partial charge in [-0.1, -0.05) is 50.2 Å². The van der Waals surface area contributed by atoms with Gasteiger partial charge in [0.25, 0.3) is 5.91 Å². The number of imidazole rings is 1. The van der Waals surface area contributed by atoms with Crippen LogP contribution in [-0.4, -0.2) is 15.5 Å². The van der Waals surface area contributed by atoms with E-state index in [1.54, 1.807) is 17.0 Å². The van der Waals surface area contributed by atoms with Crippen LogP contribution >= 0.6 is 0 Å². The van der Waals surface area contributed by atoms with Gasteiger partial charge in [0.2, 0.25) is 0 Å². The van der Waals surface area contributed by atoms with E-state index in [9.17, 15) is 4.79 Å². The Hall–Kier alpha value is -2.68. The van der Waals surface area contributed by atoms with Crippen LogP contribution in [0.5, 0.6) is 0 Å². The molecular weight excluding hydrogens is 272 g/mol. The number of allylic oxidation sites excluding steroid dienone is 1. The van der Waals surface area contributed by atoms with Crippen molar-refractivity contribution in [2.24, 2.45) is 0 Å². The highest BCUT2D eigenvalue weighted by Gasteiger charge is 2.06. The number of rotatable bonds is 3. The van der Waals surface area contributed by atoms with E-state index in [2.05, 4.69) is 31.0 Å². The average molecular weight is 290 g/mol. The van der Waals surface area contributed by atoms with E-state index in [0.717, 1.165) is 16.6 Å². The van der Waals surface area contributed by atoms with Gasteiger partial charge in [0, 0.05) is 6.08 Å². The van der Waals surface area contributed by atoms with Crippen LogP contribution in [0.4, 0.5) is 0 Å². The van der Waals surface area contributed by atoms with E-state index in [1.165, 1.54) is 5.56 Å². The van der Waals surface area contributed by atoms with Crippen molar-refractivity contribution in [2.45, 2.75) is 19.8 Å². The number of carbonyl (C=O) groups excluding carboxylic acids is 1. The Morgan fingerprint density at radius 2 is 1.82 bits per heavy atom. The molecule has 0 aliphatic heterocycles. The summed E-state index contributed by atoms with van der Waals surface area (Å²) in [5.74, 6) is 0.415. The zero-order chi connectivity index (χ0) is 15.5. The number of benzene rings is 2. The Kier molecular flexibility index (Phi) is 3.88. The quantitative estimate of drug-likeness (QED) is 0.665. The summed E-state index contributed by atoms with van der Waals surface area (Å²) in [7, 11) is 0. The molecule has 0 atom stereocenters. The second kappa shape index (κ2) is 5.98. The maximum atomic E-state index is 12.3. The molecule has 0 unspecified atom stereocenters. The van der Waals surface area contributed by atoms with Crippen molar-refractivity contribution in [3.05, 3.63) is 72.1 Å². The molecule has 1 heterocycles. The lowest BCUT2D eigenvalue weighted by atomic mass is 10.0. The lowest BCUT2D eigenvalue weighted by Gasteiger charge is -2.04. The van der Waals surface area contributed by atoms with Crippen LogP contribution in [0.1, 0.15) is 35.7 Å². The molecule has 110 valence electrons. The highest BCUT2D eigenvalue weighted by Crippen LogP contribution is 2.16. The summed E-state index contributed by atoms with van der Waals surface area (Å²) in [6, 6.07) is 15.9. The van der Waals surface area contributed by atoms with Gasteiger partial charge in [-0.15, -0.1) is 0 Å². The van der Waals surface area contributed by atoms with Gasteiger partial charge in [0.05, 0.1) is 11.0 Å². The smallest absolute Gasteiger partial charge is 0.256 e. The lowest BCUT2D eigenvalue weighted by molar-refractivity contribution is 0.0974. The predicted octanol–water partition coefficient (Wildman–Crippen LogP) is 4.51. The minimum absolute atomic E-state index is 0.0957. The van der Waals surface area contributed by atoms with E-state index >= 15 is 0 Å². The maximum Gasteiger partial charge on any atom is 0.256 e. The van der Waals surface area contributed by atoms with Crippen LogP contribution in [-0.2, 0) is 0 Å². The molecule has 0 radical (unpaired) electrons. The number of hydrogen-bond donors (Lipinski definition) is 0. The van der Waals surface area contributed by atoms with Crippen molar-refractivity contribution in [2.75, 3.05) is 0 Å². The van der Waals surface area contributed by atoms with Crippen molar-refractivity contribution < 1.29 is 4.79 Å². The molecule has 0 saturated carbocycles. The van der Waals surface area contributed by atoms with Crippen molar-refractivity contribution in [1.29, 1.82) is 0 Å². The zero-order valence-electron chi connectivity index (χ0n) is 12.7. The third-order valence-electron chi connectivity index (χ3n) is 3.71. The van der Waals surface area contributed by atoms with Crippen molar-refractivity contribution in [3.8, 4) is 0 Å². The van der Waals surface area contributed by atoms with E-state index in [1.807, 2.05) is 42.5 Å². The number of aromatic nitrogens is 2. The first-order valence-electron chi connectivity index (χ1n) is 7.39. The summed E-state index contributed by atoms with van der Waals surface area (Å²) in [5.41, 5.74) is 3.96. The maximum absolute atomic E-state index is 12.3. The van der Waals surface area contributed by atoms with Gasteiger partial charge in [0.1, 0.15) is 6.33 Å². The Labute approximate surface area is 129 Å². The molecule has 0 aliphatic carbocycles. The second-order valence-electron chi connectivity index (χ2n) is 5.60. The minimum Gasteiger partial charge on any atom is -0.269 e. The monoisotopic (exact) mass is 290 g/mol. The number of para-hydroxylation sites is 2. The van der Waals surface area contributed by atoms with E-state index in [0.29, 0.717) is 5.92 Å². The Morgan fingerprint density at radius 3 is 2.55 bits per heavy atom. The molecule has 3 aromatic rings. The van der Waals surface area contributed by atoms with Crippen molar-refractivity contribution >= 4 is 23.0 Å². The van der Waals surface area contributed by atoms with E-state index in [-0.39, 0.29) is 5.91 Å². The minimum atomic E-state index is -0.0957. The molecule has 22 heavy (non-hydrogen) atoms. The fraction of sp³-hybridized carbons (Fsp3) is 0.158. The van der Waals surface area contributed by atoms with Crippen molar-refractivity contribution in [1.82, 2.24) is 9.55 Å². The highest BCUT2D eigenvalue weighted by atomic mass is 16.1. The number of carbonyl (C=O) groups is 1. The molecule has 0 bridgehead atoms. The van der Waals surface area contributed by atoms with Gasteiger partial charge in [-0.2, -0.15) is 0 Å². The van der Waals surface area contributed by atoms with Crippen LogP contribution in [0, 0.1) is 0 Å². The molecule has 0 spiro atoms. The number of fused-ring (bicyclic) bond motifs is 1. The van der Waals surface area contributed by atoms with Gasteiger partial charge in [-0.05, 0) is 35.3 Å². The summed E-state index contributed by atoms with van der Waals surface area (Å²) < 4.78 is 1.56. The standard InChI is InChI=1S/C19H18N2O/c1-14(2)16-10-7-15(8-11-16)9-12-19(22)21-13-20-17-5-3-4-6-18(17)21/h3-14H,1-2H3. The highest BCUT2D eigenvalue weighted by molar-refractivity contribution is 5.99. The number of nitrogens with zero attached hydrogens (tertiary/aromatic N) is 2. The Bertz CT molecular complexity index is 826. The zero-order valence-corrected chi connectivity index (χ0v) is 12.7. The number of hydrogen-bond acceptors (Lipinski definition) is 2. The molecule has 3 nitrogen and oxygen atoms in total. The largest absolute Gasteiger partial charge is 0.269 e. The van der Waals surface area contributed by atoms with Gasteiger partial charge in [0.15, 0.2) is 0 Å². The van der Waals surface area contributed by atoms with E-state index < -0.39 is 0 Å². The summed E-state index contributed by atoms with van der Waals surface area (Å²) in [6.07, 6.45) is 4.99. The normalized spacial score (nSPS) is 11.6. The molecule has 2 aromatic carbocycles. The Morgan fingerprint density at radius 1 is 1.09 bits per heavy atom. The molecular formula is C19H18N2O. The molecule has 0 fully saturated rings. The molecule has 0 saturated heterocycles. The summed E-state index contributed by atoms with van der Waals surface area (Å²) in [5, 5.41) is 0. The fourth-order valence-electron chi connectivity index (χ4n) is 2.37. The molecule has 0 N–H and O–H groups in total. The summed E-state index contributed by atoms with van der Waals surface area (Å²) in [6.45, 7) is 4.33. The first-order valence-corrected chi connectivity index (χ1v) is 7.39. The molecule has 3 heteroatoms. The SMILES string of the molecule is CC(C)c1ccc(C=CC(=O)n2cnc3ccccc32)cc1. The summed E-state index contributed by atoms with van der Waals surface area (Å²) in [4.78, 5) is 16.5. The summed E-state index contributed by atoms with van der Waals surface area (Å²) >= 11 is 0. The van der Waals surface area contributed by atoms with Gasteiger partial charge in [-0.3, -0.25) is 9.36 Å². The van der Waals surface area contributed by atoms with Crippen LogP contribution in [0.15, 0.2) is 60.9 Å². The van der Waals surface area contributed by atoms with Gasteiger partial charge < -0.3 is 0 Å². The molecule has 3 rings (SSSR count). The predicted molar refractivity (Wildman–Crippen MR) is 89.9 cm³/mol. The lowest BCUT2D eigenvalue weighted by Crippen LogP contribution is -2.05. The molecule has 0 amide bonds. The third kappa shape index (κ3) is 2.84. The van der Waals surface area contributed by atoms with Crippen LogP contribution < -0.4 is 0 Å². The third-order valence-corrected chi connectivity index (χ3v) is 3.71. The Balaban J connectivity index is 1.81. The first-order chi connectivity index (χ1) is 10.6. The fourth-order valence-corrected chi connectivity index (χ4v) is 2.37.